The predicted molar refractivity (Wildman–Crippen MR) is 84.5 cm³/mol. The van der Waals surface area contributed by atoms with Crippen LogP contribution >= 0.6 is 11.3 Å². The van der Waals surface area contributed by atoms with Crippen LogP contribution in [0.15, 0.2) is 23.6 Å². The summed E-state index contributed by atoms with van der Waals surface area (Å²) in [4.78, 5) is 26.5. The first kappa shape index (κ1) is 14.6. The minimum atomic E-state index is -0.737. The van der Waals surface area contributed by atoms with Crippen LogP contribution in [0.4, 0.5) is 5.13 Å². The molecule has 2 aromatic rings. The lowest BCUT2D eigenvalue weighted by atomic mass is 10.1. The van der Waals surface area contributed by atoms with Gasteiger partial charge in [0.25, 0.3) is 0 Å². The van der Waals surface area contributed by atoms with Gasteiger partial charge in [0.2, 0.25) is 11.9 Å². The number of nitrogens with one attached hydrogen (secondary N) is 1. The summed E-state index contributed by atoms with van der Waals surface area (Å²) >= 11 is 1.32. The number of carbonyl (C=O) groups excluding carboxylic acids is 1. The molecule has 7 heteroatoms. The van der Waals surface area contributed by atoms with Crippen LogP contribution in [0.1, 0.15) is 17.5 Å². The van der Waals surface area contributed by atoms with Crippen LogP contribution < -0.4 is 5.32 Å². The third-order valence-electron chi connectivity index (χ3n) is 3.90. The van der Waals surface area contributed by atoms with Gasteiger partial charge in [-0.1, -0.05) is 12.1 Å². The monoisotopic (exact) mass is 317 g/mol. The van der Waals surface area contributed by atoms with Crippen LogP contribution in [0.2, 0.25) is 0 Å². The number of hydrogen-bond acceptors (Lipinski definition) is 5. The number of benzene rings is 1. The molecule has 0 aliphatic heterocycles. The van der Waals surface area contributed by atoms with Gasteiger partial charge in [-0.05, 0) is 31.0 Å². The fraction of sp³-hybridized carbons (Fsp3) is 0.333. The second-order valence-electron chi connectivity index (χ2n) is 5.52. The van der Waals surface area contributed by atoms with Gasteiger partial charge >= 0.3 is 0 Å². The zero-order valence-corrected chi connectivity index (χ0v) is 13.0. The summed E-state index contributed by atoms with van der Waals surface area (Å²) in [5.74, 6) is -0.841. The van der Waals surface area contributed by atoms with Crippen molar-refractivity contribution in [3.05, 3.63) is 44.8 Å². The second-order valence-corrected chi connectivity index (χ2v) is 6.38. The number of thiazole rings is 1. The van der Waals surface area contributed by atoms with Gasteiger partial charge in [0.1, 0.15) is 5.92 Å². The highest BCUT2D eigenvalue weighted by Crippen LogP contribution is 2.35. The van der Waals surface area contributed by atoms with Gasteiger partial charge in [-0.15, -0.1) is 11.3 Å². The Balaban J connectivity index is 1.70. The summed E-state index contributed by atoms with van der Waals surface area (Å²) in [7, 11) is 0. The number of nitrogens with zero attached hydrogens (tertiary/aromatic N) is 2. The van der Waals surface area contributed by atoms with Gasteiger partial charge in [-0.25, -0.2) is 4.98 Å². The zero-order chi connectivity index (χ0) is 15.9. The molecule has 1 amide bonds. The molecule has 1 aromatic heterocycles. The zero-order valence-electron chi connectivity index (χ0n) is 12.2. The van der Waals surface area contributed by atoms with E-state index in [0.717, 1.165) is 11.3 Å². The third kappa shape index (κ3) is 2.85. The first-order valence-electron chi connectivity index (χ1n) is 6.93. The van der Waals surface area contributed by atoms with E-state index in [0.29, 0.717) is 11.6 Å². The molecule has 1 heterocycles. The quantitative estimate of drug-likeness (QED) is 0.694. The van der Waals surface area contributed by atoms with Crippen molar-refractivity contribution < 1.29 is 9.72 Å². The first-order chi connectivity index (χ1) is 10.5. The van der Waals surface area contributed by atoms with E-state index >= 15 is 0 Å². The third-order valence-corrected chi connectivity index (χ3v) is 4.66. The minimum absolute atomic E-state index is 0.314. The van der Waals surface area contributed by atoms with E-state index in [1.165, 1.54) is 22.5 Å². The Labute approximate surface area is 131 Å². The van der Waals surface area contributed by atoms with Gasteiger partial charge in [-0.2, -0.15) is 0 Å². The molecule has 0 bridgehead atoms. The van der Waals surface area contributed by atoms with Gasteiger partial charge in [0, 0.05) is 22.3 Å². The molecule has 1 fully saturated rings. The molecule has 1 saturated carbocycles. The first-order valence-corrected chi connectivity index (χ1v) is 7.81. The number of aryl methyl sites for hydroxylation is 2. The summed E-state index contributed by atoms with van der Waals surface area (Å²) in [6, 6.07) is 5.35. The molecule has 1 aliphatic carbocycles. The fourth-order valence-electron chi connectivity index (χ4n) is 2.26. The largest absolute Gasteiger partial charge is 0.301 e. The molecule has 3 rings (SSSR count). The van der Waals surface area contributed by atoms with Gasteiger partial charge in [-0.3, -0.25) is 14.9 Å². The van der Waals surface area contributed by atoms with E-state index in [-0.39, 0.29) is 5.91 Å². The fourth-order valence-corrected chi connectivity index (χ4v) is 2.98. The van der Waals surface area contributed by atoms with E-state index in [9.17, 15) is 14.9 Å². The number of aromatic nitrogens is 1. The highest BCUT2D eigenvalue weighted by Gasteiger charge is 2.53. The van der Waals surface area contributed by atoms with Gasteiger partial charge in [0.15, 0.2) is 5.13 Å². The van der Waals surface area contributed by atoms with Crippen molar-refractivity contribution in [2.45, 2.75) is 26.3 Å². The lowest BCUT2D eigenvalue weighted by Gasteiger charge is -2.02. The molecule has 0 saturated heterocycles. The number of rotatable bonds is 4. The van der Waals surface area contributed by atoms with Crippen LogP contribution in [-0.4, -0.2) is 21.9 Å². The Morgan fingerprint density at radius 2 is 2.18 bits per heavy atom. The van der Waals surface area contributed by atoms with Crippen molar-refractivity contribution in [1.82, 2.24) is 4.98 Å². The maximum atomic E-state index is 11.9. The molecule has 2 atom stereocenters. The Kier molecular flexibility index (Phi) is 3.66. The second kappa shape index (κ2) is 5.49. The molecular weight excluding hydrogens is 302 g/mol. The Hall–Kier alpha value is -2.28. The summed E-state index contributed by atoms with van der Waals surface area (Å²) in [5.41, 5.74) is 4.19. The lowest BCUT2D eigenvalue weighted by Crippen LogP contribution is -2.18. The average molecular weight is 317 g/mol. The Morgan fingerprint density at radius 1 is 1.41 bits per heavy atom. The molecule has 1 aliphatic rings. The number of nitro groups is 1. The highest BCUT2D eigenvalue weighted by molar-refractivity contribution is 7.14. The minimum Gasteiger partial charge on any atom is -0.301 e. The maximum absolute atomic E-state index is 11.9. The summed E-state index contributed by atoms with van der Waals surface area (Å²) in [6.45, 7) is 4.09. The van der Waals surface area contributed by atoms with Crippen LogP contribution in [-0.2, 0) is 4.79 Å². The van der Waals surface area contributed by atoms with Gasteiger partial charge < -0.3 is 5.32 Å². The van der Waals surface area contributed by atoms with Crippen molar-refractivity contribution in [2.75, 3.05) is 5.32 Å². The Bertz CT molecular complexity index is 756. The maximum Gasteiger partial charge on any atom is 0.236 e. The Morgan fingerprint density at radius 3 is 2.82 bits per heavy atom. The number of hydrogen-bond donors (Lipinski definition) is 1. The molecular formula is C15H15N3O3S. The summed E-state index contributed by atoms with van der Waals surface area (Å²) in [5, 5.41) is 15.6. The molecule has 22 heavy (non-hydrogen) atoms. The molecule has 6 nitrogen and oxygen atoms in total. The van der Waals surface area contributed by atoms with E-state index < -0.39 is 16.9 Å². The number of carbonyl (C=O) groups is 1. The van der Waals surface area contributed by atoms with E-state index in [1.807, 2.05) is 31.4 Å². The van der Waals surface area contributed by atoms with E-state index in [2.05, 4.69) is 16.4 Å². The molecule has 114 valence electrons. The molecule has 0 radical (unpaired) electrons. The van der Waals surface area contributed by atoms with Crippen molar-refractivity contribution in [2.24, 2.45) is 5.92 Å². The van der Waals surface area contributed by atoms with Crippen molar-refractivity contribution in [3.8, 4) is 11.3 Å². The van der Waals surface area contributed by atoms with Crippen LogP contribution in [0, 0.1) is 29.9 Å². The van der Waals surface area contributed by atoms with Gasteiger partial charge in [0.05, 0.1) is 5.69 Å². The SMILES string of the molecule is Cc1ccc(-c2csc(NC(=O)[C@@H]3C[C@@H]3[N+](=O)[O-])n2)cc1C. The molecule has 0 unspecified atom stereocenters. The smallest absolute Gasteiger partial charge is 0.236 e. The van der Waals surface area contributed by atoms with Crippen LogP contribution in [0.5, 0.6) is 0 Å². The topological polar surface area (TPSA) is 85.1 Å². The van der Waals surface area contributed by atoms with Crippen LogP contribution in [0.3, 0.4) is 0 Å². The molecule has 1 aromatic carbocycles. The highest BCUT2D eigenvalue weighted by atomic mass is 32.1. The predicted octanol–water partition coefficient (Wildman–Crippen LogP) is 3.03. The van der Waals surface area contributed by atoms with Crippen molar-refractivity contribution >= 4 is 22.4 Å². The standard InChI is InChI=1S/C15H15N3O3S/c1-8-3-4-10(5-9(8)2)12-7-22-15(16-12)17-14(19)11-6-13(11)18(20)21/h3-5,7,11,13H,6H2,1-2H3,(H,16,17,19)/t11-,13+/m1/s1. The molecule has 1 N–H and O–H groups in total. The van der Waals surface area contributed by atoms with E-state index in [4.69, 9.17) is 0 Å². The molecule has 0 spiro atoms. The average Bonchev–Trinajstić information content (AvgIpc) is 3.16. The number of amides is 1. The summed E-state index contributed by atoms with van der Waals surface area (Å²) in [6.07, 6.45) is 0.314. The summed E-state index contributed by atoms with van der Waals surface area (Å²) < 4.78 is 0. The van der Waals surface area contributed by atoms with Crippen LogP contribution in [0.25, 0.3) is 11.3 Å². The van der Waals surface area contributed by atoms with E-state index in [1.54, 1.807) is 0 Å². The van der Waals surface area contributed by atoms with Crippen molar-refractivity contribution in [3.63, 3.8) is 0 Å². The van der Waals surface area contributed by atoms with Crippen molar-refractivity contribution in [1.29, 1.82) is 0 Å². The lowest BCUT2D eigenvalue weighted by molar-refractivity contribution is -0.497. The number of anilines is 1. The normalized spacial score (nSPS) is 19.7.